The Morgan fingerprint density at radius 2 is 1.87 bits per heavy atom. The van der Waals surface area contributed by atoms with E-state index in [2.05, 4.69) is 10.6 Å². The third-order valence-corrected chi connectivity index (χ3v) is 5.92. The third-order valence-electron chi connectivity index (χ3n) is 4.66. The fourth-order valence-corrected chi connectivity index (χ4v) is 4.20. The molecular weight excluding hydrogens is 416 g/mol. The van der Waals surface area contributed by atoms with E-state index in [4.69, 9.17) is 16.3 Å². The molecule has 1 atom stereocenters. The van der Waals surface area contributed by atoms with Gasteiger partial charge >= 0.3 is 0 Å². The molecule has 0 saturated carbocycles. The van der Waals surface area contributed by atoms with Crippen LogP contribution in [0.4, 0.5) is 5.69 Å². The summed E-state index contributed by atoms with van der Waals surface area (Å²) in [6.07, 6.45) is 1.87. The highest BCUT2D eigenvalue weighted by Crippen LogP contribution is 2.33. The van der Waals surface area contributed by atoms with Gasteiger partial charge in [0.1, 0.15) is 12.4 Å². The molecule has 152 valence electrons. The number of ether oxygens (including phenoxy) is 1. The smallest absolute Gasteiger partial charge is 0.260 e. The van der Waals surface area contributed by atoms with Gasteiger partial charge in [-0.3, -0.25) is 4.79 Å². The molecule has 1 aliphatic rings. The van der Waals surface area contributed by atoms with Gasteiger partial charge in [0.15, 0.2) is 5.50 Å². The van der Waals surface area contributed by atoms with Crippen molar-refractivity contribution in [2.75, 3.05) is 5.32 Å². The highest BCUT2D eigenvalue weighted by molar-refractivity contribution is 8.05. The fourth-order valence-electron chi connectivity index (χ4n) is 3.06. The predicted octanol–water partition coefficient (Wildman–Crippen LogP) is 5.83. The van der Waals surface area contributed by atoms with E-state index in [0.717, 1.165) is 28.1 Å². The Kier molecular flexibility index (Phi) is 6.31. The summed E-state index contributed by atoms with van der Waals surface area (Å²) >= 11 is 7.54. The number of halogens is 1. The molecule has 1 amide bonds. The summed E-state index contributed by atoms with van der Waals surface area (Å²) in [6, 6.07) is 23.4. The molecule has 1 unspecified atom stereocenters. The minimum absolute atomic E-state index is 0.116. The van der Waals surface area contributed by atoms with Gasteiger partial charge in [-0.15, -0.1) is 0 Å². The quantitative estimate of drug-likeness (QED) is 0.477. The van der Waals surface area contributed by atoms with Crippen LogP contribution >= 0.6 is 23.4 Å². The average molecular weight is 437 g/mol. The molecule has 4 nitrogen and oxygen atoms in total. The van der Waals surface area contributed by atoms with Crippen LogP contribution in [-0.2, 0) is 11.4 Å². The first-order chi connectivity index (χ1) is 14.6. The zero-order valence-electron chi connectivity index (χ0n) is 16.4. The number of carbonyl (C=O) groups is 1. The summed E-state index contributed by atoms with van der Waals surface area (Å²) in [5, 5.41) is 6.94. The lowest BCUT2D eigenvalue weighted by Crippen LogP contribution is -2.31. The highest BCUT2D eigenvalue weighted by atomic mass is 35.5. The van der Waals surface area contributed by atoms with Gasteiger partial charge in [0, 0.05) is 16.3 Å². The summed E-state index contributed by atoms with van der Waals surface area (Å²) in [5.41, 5.74) is 3.65. The van der Waals surface area contributed by atoms with Gasteiger partial charge < -0.3 is 15.4 Å². The third kappa shape index (κ3) is 4.99. The molecule has 4 rings (SSSR count). The zero-order chi connectivity index (χ0) is 20.9. The fraction of sp³-hybridized carbons (Fsp3) is 0.125. The van der Waals surface area contributed by atoms with E-state index in [0.29, 0.717) is 16.5 Å². The first-order valence-electron chi connectivity index (χ1n) is 9.56. The van der Waals surface area contributed by atoms with E-state index in [1.807, 2.05) is 85.8 Å². The van der Waals surface area contributed by atoms with E-state index in [-0.39, 0.29) is 11.4 Å². The second-order valence-corrected chi connectivity index (χ2v) is 8.48. The zero-order valence-corrected chi connectivity index (χ0v) is 18.0. The molecule has 1 heterocycles. The number of carbonyl (C=O) groups excluding carboxylic acids is 1. The van der Waals surface area contributed by atoms with Crippen LogP contribution in [0.3, 0.4) is 0 Å². The predicted molar refractivity (Wildman–Crippen MR) is 125 cm³/mol. The molecule has 3 aromatic rings. The minimum atomic E-state index is -0.265. The lowest BCUT2D eigenvalue weighted by atomic mass is 10.2. The maximum Gasteiger partial charge on any atom is 0.260 e. The summed E-state index contributed by atoms with van der Waals surface area (Å²) in [5.74, 6) is 0.624. The first-order valence-corrected chi connectivity index (χ1v) is 10.8. The number of nitrogens with one attached hydrogen (secondary N) is 2. The van der Waals surface area contributed by atoms with E-state index < -0.39 is 0 Å². The molecule has 6 heteroatoms. The Morgan fingerprint density at radius 1 is 1.10 bits per heavy atom. The van der Waals surface area contributed by atoms with E-state index in [1.165, 1.54) is 11.8 Å². The molecule has 30 heavy (non-hydrogen) atoms. The van der Waals surface area contributed by atoms with Gasteiger partial charge in [-0.25, -0.2) is 0 Å². The second kappa shape index (κ2) is 9.28. The Bertz CT molecular complexity index is 1090. The number of aryl methyl sites for hydroxylation is 1. The topological polar surface area (TPSA) is 50.4 Å². The van der Waals surface area contributed by atoms with Gasteiger partial charge in [0.25, 0.3) is 5.91 Å². The van der Waals surface area contributed by atoms with Crippen molar-refractivity contribution in [1.82, 2.24) is 5.32 Å². The van der Waals surface area contributed by atoms with Gasteiger partial charge in [0.05, 0.1) is 4.91 Å². The van der Waals surface area contributed by atoms with E-state index >= 15 is 0 Å². The standard InChI is InChI=1S/C24H21ClN2O2S/c1-16-11-12-19(25)14-20(16)26-24-27-23(28)22(30-24)13-18-9-5-6-10-21(18)29-15-17-7-3-2-4-8-17/h2-14,24,26H,15H2,1H3,(H,27,28)/b22-13-. The number of hydrogen-bond acceptors (Lipinski definition) is 4. The van der Waals surface area contributed by atoms with Crippen LogP contribution in [0.2, 0.25) is 5.02 Å². The van der Waals surface area contributed by atoms with Gasteiger partial charge in [-0.05, 0) is 42.3 Å². The Labute approximate surface area is 185 Å². The Hall–Kier alpha value is -2.89. The van der Waals surface area contributed by atoms with Crippen molar-refractivity contribution in [1.29, 1.82) is 0 Å². The number of hydrogen-bond donors (Lipinski definition) is 2. The molecule has 1 saturated heterocycles. The Balaban J connectivity index is 1.48. The summed E-state index contributed by atoms with van der Waals surface area (Å²) < 4.78 is 6.00. The molecule has 0 radical (unpaired) electrons. The van der Waals surface area contributed by atoms with Crippen molar-refractivity contribution in [3.05, 3.63) is 99.4 Å². The number of amides is 1. The largest absolute Gasteiger partial charge is 0.488 e. The maximum absolute atomic E-state index is 12.5. The first kappa shape index (κ1) is 20.4. The molecule has 3 aromatic carbocycles. The highest BCUT2D eigenvalue weighted by Gasteiger charge is 2.27. The number of anilines is 1. The Morgan fingerprint density at radius 3 is 2.70 bits per heavy atom. The van der Waals surface area contributed by atoms with Crippen molar-refractivity contribution in [3.8, 4) is 5.75 Å². The molecule has 0 bridgehead atoms. The van der Waals surface area contributed by atoms with Gasteiger partial charge in [-0.2, -0.15) is 0 Å². The van der Waals surface area contributed by atoms with Crippen LogP contribution in [0.25, 0.3) is 6.08 Å². The van der Waals surface area contributed by atoms with Crippen molar-refractivity contribution in [2.45, 2.75) is 19.0 Å². The lowest BCUT2D eigenvalue weighted by molar-refractivity contribution is -0.116. The van der Waals surface area contributed by atoms with E-state index in [9.17, 15) is 4.79 Å². The molecule has 2 N–H and O–H groups in total. The van der Waals surface area contributed by atoms with Crippen molar-refractivity contribution < 1.29 is 9.53 Å². The molecule has 0 spiro atoms. The van der Waals surface area contributed by atoms with Crippen LogP contribution in [0.1, 0.15) is 16.7 Å². The molecule has 1 fully saturated rings. The van der Waals surface area contributed by atoms with Crippen molar-refractivity contribution in [3.63, 3.8) is 0 Å². The molecule has 0 aliphatic carbocycles. The van der Waals surface area contributed by atoms with Gasteiger partial charge in [0.2, 0.25) is 0 Å². The lowest BCUT2D eigenvalue weighted by Gasteiger charge is -2.15. The number of rotatable bonds is 6. The van der Waals surface area contributed by atoms with Crippen LogP contribution in [0, 0.1) is 6.92 Å². The second-order valence-electron chi connectivity index (χ2n) is 6.90. The van der Waals surface area contributed by atoms with E-state index in [1.54, 1.807) is 0 Å². The summed E-state index contributed by atoms with van der Waals surface area (Å²) in [6.45, 7) is 2.47. The molecular formula is C24H21ClN2O2S. The molecule has 0 aromatic heterocycles. The maximum atomic E-state index is 12.5. The normalized spacial score (nSPS) is 17.1. The number of para-hydroxylation sites is 1. The monoisotopic (exact) mass is 436 g/mol. The SMILES string of the molecule is Cc1ccc(Cl)cc1NC1NC(=O)/C(=C/c2ccccc2OCc2ccccc2)S1. The van der Waals surface area contributed by atoms with Gasteiger partial charge in [-0.1, -0.05) is 78.0 Å². The van der Waals surface area contributed by atoms with Crippen molar-refractivity contribution in [2.24, 2.45) is 0 Å². The molecule has 1 aliphatic heterocycles. The minimum Gasteiger partial charge on any atom is -0.488 e. The van der Waals surface area contributed by atoms with Crippen LogP contribution in [0.5, 0.6) is 5.75 Å². The number of thioether (sulfide) groups is 1. The van der Waals surface area contributed by atoms with Crippen LogP contribution in [0.15, 0.2) is 77.7 Å². The number of benzene rings is 3. The van der Waals surface area contributed by atoms with Crippen molar-refractivity contribution >= 4 is 41.0 Å². The van der Waals surface area contributed by atoms with Crippen LogP contribution in [-0.4, -0.2) is 11.4 Å². The van der Waals surface area contributed by atoms with Crippen LogP contribution < -0.4 is 15.4 Å². The summed E-state index contributed by atoms with van der Waals surface area (Å²) in [7, 11) is 0. The average Bonchev–Trinajstić information content (AvgIpc) is 3.09. The summed E-state index contributed by atoms with van der Waals surface area (Å²) in [4.78, 5) is 13.1.